The van der Waals surface area contributed by atoms with E-state index in [1.54, 1.807) is 42.9 Å². The van der Waals surface area contributed by atoms with Gasteiger partial charge >= 0.3 is 0 Å². The van der Waals surface area contributed by atoms with E-state index in [1.165, 1.54) is 146 Å². The lowest BCUT2D eigenvalue weighted by atomic mass is 9.68. The highest BCUT2D eigenvalue weighted by Gasteiger charge is 2.30. The van der Waals surface area contributed by atoms with E-state index >= 15 is 0 Å². The number of aryl methyl sites for hydroxylation is 2. The van der Waals surface area contributed by atoms with Crippen LogP contribution < -0.4 is 0 Å². The van der Waals surface area contributed by atoms with Crippen LogP contribution in [0.5, 0.6) is 0 Å². The number of unbranched alkanes of at least 4 members (excludes halogenated alkanes) is 6. The van der Waals surface area contributed by atoms with E-state index in [-0.39, 0.29) is 9.52 Å². The van der Waals surface area contributed by atoms with Crippen molar-refractivity contribution in [3.05, 3.63) is 59.7 Å². The summed E-state index contributed by atoms with van der Waals surface area (Å²) in [6, 6.07) is 20.5. The molecule has 0 bridgehead atoms. The highest BCUT2D eigenvalue weighted by Crippen LogP contribution is 2.43. The molecule has 2 aliphatic rings. The average molecular weight is 685 g/mol. The zero-order valence-electron chi connectivity index (χ0n) is 33.2. The first-order chi connectivity index (χ1) is 24.1. The summed E-state index contributed by atoms with van der Waals surface area (Å²) in [5, 5.41) is 0. The van der Waals surface area contributed by atoms with Gasteiger partial charge in [0.05, 0.1) is 0 Å². The fourth-order valence-electron chi connectivity index (χ4n) is 9.94. The molecule has 0 spiro atoms. The Hall–Kier alpha value is -1.34. The minimum absolute atomic E-state index is 0.129. The van der Waals surface area contributed by atoms with Gasteiger partial charge in [-0.15, -0.1) is 0 Å². The van der Waals surface area contributed by atoms with Crippen LogP contribution in [-0.2, 0) is 12.8 Å². The van der Waals surface area contributed by atoms with Crippen molar-refractivity contribution in [2.75, 3.05) is 0 Å². The van der Waals surface area contributed by atoms with Gasteiger partial charge in [-0.2, -0.15) is 0 Å². The van der Waals surface area contributed by atoms with Crippen LogP contribution in [0.25, 0.3) is 11.1 Å². The van der Waals surface area contributed by atoms with Gasteiger partial charge in [-0.3, -0.25) is 0 Å². The number of benzene rings is 2. The van der Waals surface area contributed by atoms with E-state index in [0.717, 1.165) is 35.1 Å². The summed E-state index contributed by atoms with van der Waals surface area (Å²) in [5.74, 6) is 5.06. The third-order valence-electron chi connectivity index (χ3n) is 13.4. The lowest BCUT2D eigenvalue weighted by Crippen LogP contribution is -2.26. The molecule has 0 heterocycles. The molecule has 4 rings (SSSR count). The molecule has 2 aromatic carbocycles. The molecule has 2 saturated carbocycles. The maximum atomic E-state index is 2.52. The van der Waals surface area contributed by atoms with Crippen LogP contribution in [0.3, 0.4) is 0 Å². The van der Waals surface area contributed by atoms with Gasteiger partial charge in [-0.1, -0.05) is 197 Å². The molecule has 1 heteroatoms. The molecule has 2 fully saturated rings. The normalized spacial score (nSPS) is 22.9. The molecular formula is C48H80Si. The lowest BCUT2D eigenvalue weighted by molar-refractivity contribution is 0.140. The molecule has 0 amide bonds. The van der Waals surface area contributed by atoms with Gasteiger partial charge in [0, 0.05) is 9.52 Å². The Morgan fingerprint density at radius 3 is 1.88 bits per heavy atom. The molecule has 0 N–H and O–H groups in total. The minimum Gasteiger partial charge on any atom is -0.0654 e. The highest BCUT2D eigenvalue weighted by atomic mass is 28.2. The smallest absolute Gasteiger partial charge is 0.0228 e. The zero-order valence-corrected chi connectivity index (χ0v) is 34.6. The molecular weight excluding hydrogens is 605 g/mol. The zero-order chi connectivity index (χ0) is 34.5. The standard InChI is InChI=1S/C48H80Si/c1-5-7-38-49-40(4)19-16-22-46-21-14-15-23-48(46)47-36-30-43(31-37-47)25-24-42-28-34-45(35-29-42)44-32-26-41(27-33-44)20-13-11-9-8-10-12-18-39(3)17-6-2/h14-15,21,23,30-31,36-37,39-42,44-45H,5-13,16-20,22,24-29,32-35,38,49H2,1-4H3. The van der Waals surface area contributed by atoms with E-state index in [1.807, 2.05) is 0 Å². The third kappa shape index (κ3) is 15.4. The van der Waals surface area contributed by atoms with Gasteiger partial charge in [-0.05, 0) is 103 Å². The monoisotopic (exact) mass is 685 g/mol. The Bertz CT molecular complexity index is 1090. The Balaban J connectivity index is 1.06. The second-order valence-electron chi connectivity index (χ2n) is 17.5. The molecule has 0 nitrogen and oxygen atoms in total. The van der Waals surface area contributed by atoms with Crippen LogP contribution in [-0.4, -0.2) is 9.52 Å². The molecule has 49 heavy (non-hydrogen) atoms. The van der Waals surface area contributed by atoms with Gasteiger partial charge in [0.2, 0.25) is 0 Å². The van der Waals surface area contributed by atoms with E-state index in [4.69, 9.17) is 0 Å². The number of rotatable bonds is 24. The van der Waals surface area contributed by atoms with Gasteiger partial charge in [-0.25, -0.2) is 0 Å². The van der Waals surface area contributed by atoms with Crippen molar-refractivity contribution in [2.45, 2.75) is 200 Å². The van der Waals surface area contributed by atoms with Gasteiger partial charge in [0.15, 0.2) is 0 Å². The SMILES string of the molecule is CCCC[SiH2]C(C)CCCc1ccccc1-c1ccc(CCC2CCC(C3CCC(CCCCCCCCC(C)CCC)CC3)CC2)cc1. The van der Waals surface area contributed by atoms with Crippen LogP contribution >= 0.6 is 0 Å². The fourth-order valence-corrected chi connectivity index (χ4v) is 12.0. The molecule has 2 aliphatic carbocycles. The summed E-state index contributed by atoms with van der Waals surface area (Å²) in [7, 11) is 0.129. The predicted octanol–water partition coefficient (Wildman–Crippen LogP) is 15.0. The predicted molar refractivity (Wildman–Crippen MR) is 223 cm³/mol. The Morgan fingerprint density at radius 2 is 1.20 bits per heavy atom. The van der Waals surface area contributed by atoms with Gasteiger partial charge in [0.1, 0.15) is 0 Å². The third-order valence-corrected chi connectivity index (χ3v) is 15.7. The first-order valence-corrected chi connectivity index (χ1v) is 24.0. The average Bonchev–Trinajstić information content (AvgIpc) is 3.13. The van der Waals surface area contributed by atoms with Crippen molar-refractivity contribution in [2.24, 2.45) is 29.6 Å². The van der Waals surface area contributed by atoms with Crippen molar-refractivity contribution >= 4 is 9.52 Å². The lowest BCUT2D eigenvalue weighted by Gasteiger charge is -2.38. The molecule has 276 valence electrons. The van der Waals surface area contributed by atoms with E-state index in [9.17, 15) is 0 Å². The van der Waals surface area contributed by atoms with Gasteiger partial charge < -0.3 is 0 Å². The first-order valence-electron chi connectivity index (χ1n) is 22.2. The van der Waals surface area contributed by atoms with Crippen molar-refractivity contribution in [3.8, 4) is 11.1 Å². The Kier molecular flexibility index (Phi) is 19.8. The summed E-state index contributed by atoms with van der Waals surface area (Å²) in [5.41, 5.74) is 6.97. The quantitative estimate of drug-likeness (QED) is 0.0762. The summed E-state index contributed by atoms with van der Waals surface area (Å²) in [6.45, 7) is 9.62. The van der Waals surface area contributed by atoms with Gasteiger partial charge in [0.25, 0.3) is 0 Å². The van der Waals surface area contributed by atoms with Crippen molar-refractivity contribution in [3.63, 3.8) is 0 Å². The van der Waals surface area contributed by atoms with Crippen LogP contribution in [0.2, 0.25) is 11.6 Å². The van der Waals surface area contributed by atoms with Crippen molar-refractivity contribution in [1.82, 2.24) is 0 Å². The van der Waals surface area contributed by atoms with E-state index < -0.39 is 0 Å². The largest absolute Gasteiger partial charge is 0.0654 e. The van der Waals surface area contributed by atoms with Crippen LogP contribution in [0.4, 0.5) is 0 Å². The summed E-state index contributed by atoms with van der Waals surface area (Å²) < 4.78 is 0. The molecule has 2 atom stereocenters. The summed E-state index contributed by atoms with van der Waals surface area (Å²) in [4.78, 5) is 0. The molecule has 0 saturated heterocycles. The minimum atomic E-state index is 0.129. The molecule has 2 aromatic rings. The van der Waals surface area contributed by atoms with Crippen LogP contribution in [0, 0.1) is 29.6 Å². The first kappa shape index (κ1) is 40.4. The maximum Gasteiger partial charge on any atom is 0.0228 e. The maximum absolute atomic E-state index is 2.52. The molecule has 0 aliphatic heterocycles. The number of hydrogen-bond donors (Lipinski definition) is 0. The molecule has 2 unspecified atom stereocenters. The van der Waals surface area contributed by atoms with Crippen LogP contribution in [0.15, 0.2) is 48.5 Å². The second kappa shape index (κ2) is 24.0. The summed E-state index contributed by atoms with van der Waals surface area (Å²) in [6.07, 6.45) is 36.4. The van der Waals surface area contributed by atoms with Crippen molar-refractivity contribution < 1.29 is 0 Å². The van der Waals surface area contributed by atoms with Crippen LogP contribution in [0.1, 0.15) is 187 Å². The Labute approximate surface area is 308 Å². The molecule has 0 radical (unpaired) electrons. The molecule has 0 aromatic heterocycles. The highest BCUT2D eigenvalue weighted by molar-refractivity contribution is 6.37. The van der Waals surface area contributed by atoms with E-state index in [2.05, 4.69) is 76.2 Å². The Morgan fingerprint density at radius 1 is 0.571 bits per heavy atom. The van der Waals surface area contributed by atoms with Crippen molar-refractivity contribution in [1.29, 1.82) is 0 Å². The summed E-state index contributed by atoms with van der Waals surface area (Å²) >= 11 is 0. The topological polar surface area (TPSA) is 0 Å². The second-order valence-corrected chi connectivity index (χ2v) is 20.2. The number of hydrogen-bond acceptors (Lipinski definition) is 0. The fraction of sp³-hybridized carbons (Fsp3) is 0.750. The van der Waals surface area contributed by atoms with E-state index in [0.29, 0.717) is 0 Å².